The number of allylic oxidation sites excluding steroid dienone is 8. The van der Waals surface area contributed by atoms with Crippen LogP contribution >= 0.6 is 7.82 Å². The van der Waals surface area contributed by atoms with Crippen LogP contribution in [-0.2, 0) is 27.9 Å². The molecule has 0 saturated carbocycles. The molecule has 0 aromatic rings. The Morgan fingerprint density at radius 3 is 1.43 bits per heavy atom. The maximum atomic E-state index is 12.7. The van der Waals surface area contributed by atoms with E-state index in [1.807, 2.05) is 21.1 Å². The number of phosphoric ester groups is 1. The van der Waals surface area contributed by atoms with Gasteiger partial charge in [-0.3, -0.25) is 9.36 Å². The Kier molecular flexibility index (Phi) is 41.0. The number of carbonyl (C=O) groups excluding carboxylic acids is 1. The maximum Gasteiger partial charge on any atom is 0.306 e. The van der Waals surface area contributed by atoms with Gasteiger partial charge in [0.1, 0.15) is 19.3 Å². The minimum atomic E-state index is -4.54. The van der Waals surface area contributed by atoms with Crippen molar-refractivity contribution in [2.45, 2.75) is 206 Å². The number of phosphoric acid groups is 1. The zero-order valence-electron chi connectivity index (χ0n) is 38.5. The van der Waals surface area contributed by atoms with Gasteiger partial charge >= 0.3 is 5.97 Å². The number of hydrogen-bond donors (Lipinski definition) is 0. The molecule has 0 rings (SSSR count). The lowest BCUT2D eigenvalue weighted by atomic mass is 10.0. The van der Waals surface area contributed by atoms with Crippen molar-refractivity contribution in [3.8, 4) is 0 Å². The van der Waals surface area contributed by atoms with Crippen molar-refractivity contribution in [2.75, 3.05) is 54.1 Å². The molecule has 58 heavy (non-hydrogen) atoms. The largest absolute Gasteiger partial charge is 0.756 e. The van der Waals surface area contributed by atoms with E-state index in [0.717, 1.165) is 57.8 Å². The summed E-state index contributed by atoms with van der Waals surface area (Å²) in [5, 5.41) is 0. The summed E-state index contributed by atoms with van der Waals surface area (Å²) >= 11 is 0. The first-order chi connectivity index (χ1) is 28.1. The fraction of sp³-hybridized carbons (Fsp3) is 0.816. The molecule has 0 aromatic heterocycles. The summed E-state index contributed by atoms with van der Waals surface area (Å²) in [6, 6.07) is 0. The zero-order valence-corrected chi connectivity index (χ0v) is 39.4. The summed E-state index contributed by atoms with van der Waals surface area (Å²) in [5.41, 5.74) is 0. The number of hydrogen-bond acceptors (Lipinski definition) is 7. The number of esters is 1. The van der Waals surface area contributed by atoms with Gasteiger partial charge in [0.15, 0.2) is 0 Å². The van der Waals surface area contributed by atoms with Gasteiger partial charge in [-0.2, -0.15) is 0 Å². The van der Waals surface area contributed by atoms with Gasteiger partial charge in [0.25, 0.3) is 7.82 Å². The minimum absolute atomic E-state index is 0.0159. The Morgan fingerprint density at radius 2 is 0.983 bits per heavy atom. The van der Waals surface area contributed by atoms with Gasteiger partial charge in [-0.05, 0) is 44.9 Å². The van der Waals surface area contributed by atoms with E-state index in [9.17, 15) is 14.3 Å². The lowest BCUT2D eigenvalue weighted by Gasteiger charge is -2.28. The molecule has 0 spiro atoms. The first-order valence-electron chi connectivity index (χ1n) is 23.9. The molecule has 2 unspecified atom stereocenters. The predicted molar refractivity (Wildman–Crippen MR) is 245 cm³/mol. The van der Waals surface area contributed by atoms with Crippen molar-refractivity contribution in [1.82, 2.24) is 0 Å². The minimum Gasteiger partial charge on any atom is -0.756 e. The fourth-order valence-corrected chi connectivity index (χ4v) is 7.22. The van der Waals surface area contributed by atoms with Crippen LogP contribution < -0.4 is 4.89 Å². The van der Waals surface area contributed by atoms with Crippen LogP contribution in [0.3, 0.4) is 0 Å². The smallest absolute Gasteiger partial charge is 0.306 e. The van der Waals surface area contributed by atoms with Gasteiger partial charge < -0.3 is 27.9 Å². The highest BCUT2D eigenvalue weighted by molar-refractivity contribution is 7.45. The standard InChI is InChI=1S/C49H92NO7P/c1-6-8-10-12-14-16-18-20-22-23-24-25-26-27-28-29-30-32-34-36-38-40-42-49(51)57-48(47-56-58(52,53)55-45-43-50(3,4)5)46-54-44-41-39-37-35-33-31-21-19-17-15-13-11-9-7-2/h9,11,15,17,21,31,35,37,48H,6-8,10,12-14,16,18-20,22-30,32-34,36,38-47H2,1-5H3/b11-9-,17-15-,31-21-,37-35-. The molecule has 0 aromatic carbocycles. The monoisotopic (exact) mass is 838 g/mol. The third-order valence-electron chi connectivity index (χ3n) is 10.1. The third-order valence-corrected chi connectivity index (χ3v) is 11.1. The molecule has 9 heteroatoms. The van der Waals surface area contributed by atoms with E-state index in [0.29, 0.717) is 24.1 Å². The van der Waals surface area contributed by atoms with Crippen LogP contribution in [0.15, 0.2) is 48.6 Å². The van der Waals surface area contributed by atoms with Crippen molar-refractivity contribution in [3.63, 3.8) is 0 Å². The first kappa shape index (κ1) is 56.5. The van der Waals surface area contributed by atoms with Crippen LogP contribution in [0.2, 0.25) is 0 Å². The molecule has 340 valence electrons. The number of unbranched alkanes of at least 4 members (excludes halogenated alkanes) is 22. The van der Waals surface area contributed by atoms with Crippen molar-refractivity contribution < 1.29 is 37.3 Å². The maximum absolute atomic E-state index is 12.7. The molecule has 0 bridgehead atoms. The summed E-state index contributed by atoms with van der Waals surface area (Å²) in [5.74, 6) is -0.350. The van der Waals surface area contributed by atoms with Crippen LogP contribution in [0.1, 0.15) is 200 Å². The Morgan fingerprint density at radius 1 is 0.552 bits per heavy atom. The number of rotatable bonds is 44. The van der Waals surface area contributed by atoms with Gasteiger partial charge in [-0.1, -0.05) is 197 Å². The van der Waals surface area contributed by atoms with E-state index in [1.54, 1.807) is 0 Å². The van der Waals surface area contributed by atoms with Crippen molar-refractivity contribution in [2.24, 2.45) is 0 Å². The van der Waals surface area contributed by atoms with Gasteiger partial charge in [0, 0.05) is 13.0 Å². The van der Waals surface area contributed by atoms with E-state index in [-0.39, 0.29) is 25.8 Å². The van der Waals surface area contributed by atoms with Crippen LogP contribution in [0, 0.1) is 0 Å². The van der Waals surface area contributed by atoms with Gasteiger partial charge in [0.05, 0.1) is 34.4 Å². The van der Waals surface area contributed by atoms with E-state index in [1.165, 1.54) is 122 Å². The molecule has 0 heterocycles. The number of carbonyl (C=O) groups is 1. The van der Waals surface area contributed by atoms with Crippen molar-refractivity contribution >= 4 is 13.8 Å². The summed E-state index contributed by atoms with van der Waals surface area (Å²) in [6.45, 7) is 5.17. The average molecular weight is 838 g/mol. The molecule has 0 radical (unpaired) electrons. The second kappa shape index (κ2) is 42.2. The second-order valence-electron chi connectivity index (χ2n) is 17.1. The topological polar surface area (TPSA) is 94.1 Å². The van der Waals surface area contributed by atoms with Crippen LogP contribution in [-0.4, -0.2) is 70.7 Å². The first-order valence-corrected chi connectivity index (χ1v) is 25.3. The third kappa shape index (κ3) is 45.5. The summed E-state index contributed by atoms with van der Waals surface area (Å²) in [6.07, 6.45) is 51.5. The summed E-state index contributed by atoms with van der Waals surface area (Å²) in [7, 11) is 1.32. The number of likely N-dealkylation sites (N-methyl/N-ethyl adjacent to an activating group) is 1. The molecule has 0 amide bonds. The van der Waals surface area contributed by atoms with Crippen LogP contribution in [0.4, 0.5) is 0 Å². The Balaban J connectivity index is 4.17. The molecule has 0 fully saturated rings. The number of nitrogens with zero attached hydrogens (tertiary/aromatic N) is 1. The quantitative estimate of drug-likeness (QED) is 0.0198. The van der Waals surface area contributed by atoms with Crippen molar-refractivity contribution in [3.05, 3.63) is 48.6 Å². The highest BCUT2D eigenvalue weighted by Gasteiger charge is 2.20. The Labute approximate surface area is 358 Å². The zero-order chi connectivity index (χ0) is 42.7. The molecule has 0 aliphatic rings. The molecule has 0 aliphatic heterocycles. The lowest BCUT2D eigenvalue weighted by Crippen LogP contribution is -2.37. The molecular formula is C49H92NO7P. The lowest BCUT2D eigenvalue weighted by molar-refractivity contribution is -0.870. The van der Waals surface area contributed by atoms with E-state index in [2.05, 4.69) is 62.5 Å². The van der Waals surface area contributed by atoms with E-state index < -0.39 is 13.9 Å². The highest BCUT2D eigenvalue weighted by Crippen LogP contribution is 2.38. The van der Waals surface area contributed by atoms with Crippen LogP contribution in [0.5, 0.6) is 0 Å². The van der Waals surface area contributed by atoms with Gasteiger partial charge in [0.2, 0.25) is 0 Å². The highest BCUT2D eigenvalue weighted by atomic mass is 31.2. The van der Waals surface area contributed by atoms with Crippen LogP contribution in [0.25, 0.3) is 0 Å². The molecule has 2 atom stereocenters. The predicted octanol–water partition coefficient (Wildman–Crippen LogP) is 13.7. The molecular weight excluding hydrogens is 746 g/mol. The second-order valence-corrected chi connectivity index (χ2v) is 18.5. The average Bonchev–Trinajstić information content (AvgIpc) is 3.18. The number of quaternary nitrogens is 1. The molecule has 8 nitrogen and oxygen atoms in total. The molecule has 0 saturated heterocycles. The Hall–Kier alpha value is -1.54. The molecule has 0 aliphatic carbocycles. The fourth-order valence-electron chi connectivity index (χ4n) is 6.49. The summed E-state index contributed by atoms with van der Waals surface area (Å²) < 4.78 is 34.5. The summed E-state index contributed by atoms with van der Waals surface area (Å²) in [4.78, 5) is 25.1. The normalized spacial score (nSPS) is 14.1. The Bertz CT molecular complexity index is 1070. The van der Waals surface area contributed by atoms with Gasteiger partial charge in [-0.25, -0.2) is 0 Å². The number of ether oxygens (including phenoxy) is 2. The van der Waals surface area contributed by atoms with E-state index in [4.69, 9.17) is 18.5 Å². The SMILES string of the molecule is CC/C=C\C/C=C\C/C=C\C/C=C\CCCOCC(COP(=O)([O-])OCC[N+](C)(C)C)OC(=O)CCCCCCCCCCCCCCCCCCCCCCCC. The van der Waals surface area contributed by atoms with Gasteiger partial charge in [-0.15, -0.1) is 0 Å². The van der Waals surface area contributed by atoms with E-state index >= 15 is 0 Å². The van der Waals surface area contributed by atoms with Crippen molar-refractivity contribution in [1.29, 1.82) is 0 Å². The molecule has 0 N–H and O–H groups in total.